The Morgan fingerprint density at radius 1 is 1.59 bits per heavy atom. The summed E-state index contributed by atoms with van der Waals surface area (Å²) < 4.78 is 11.1. The molecule has 0 amide bonds. The highest BCUT2D eigenvalue weighted by Gasteiger charge is 2.61. The number of hydrogen-bond donors (Lipinski definition) is 1. The molecule has 2 aliphatic heterocycles. The van der Waals surface area contributed by atoms with Gasteiger partial charge in [0.15, 0.2) is 0 Å². The summed E-state index contributed by atoms with van der Waals surface area (Å²) in [6.07, 6.45) is 5.07. The van der Waals surface area contributed by atoms with Gasteiger partial charge in [0.05, 0.1) is 12.5 Å². The summed E-state index contributed by atoms with van der Waals surface area (Å²) >= 11 is 0. The lowest BCUT2D eigenvalue weighted by molar-refractivity contribution is -0.164. The Labute approximate surface area is 103 Å². The van der Waals surface area contributed by atoms with E-state index in [9.17, 15) is 4.79 Å². The minimum Gasteiger partial charge on any atom is -0.428 e. The molecule has 0 aromatic rings. The van der Waals surface area contributed by atoms with Gasteiger partial charge in [-0.15, -0.1) is 0 Å². The smallest absolute Gasteiger partial charge is 0.311 e. The number of carbonyl (C=O) groups is 1. The van der Waals surface area contributed by atoms with Gasteiger partial charge in [-0.25, -0.2) is 0 Å². The quantitative estimate of drug-likeness (QED) is 0.569. The average molecular weight is 241 g/mol. The van der Waals surface area contributed by atoms with E-state index < -0.39 is 5.79 Å². The van der Waals surface area contributed by atoms with E-state index in [-0.39, 0.29) is 18.0 Å². The van der Waals surface area contributed by atoms with Gasteiger partial charge in [-0.05, 0) is 25.8 Å². The van der Waals surface area contributed by atoms with Gasteiger partial charge < -0.3 is 14.8 Å². The first kappa shape index (κ1) is 12.8. The maximum absolute atomic E-state index is 12.1. The largest absolute Gasteiger partial charge is 0.428 e. The van der Waals surface area contributed by atoms with Crippen molar-refractivity contribution < 1.29 is 14.3 Å². The van der Waals surface area contributed by atoms with Gasteiger partial charge in [0, 0.05) is 0 Å². The molecule has 1 unspecified atom stereocenters. The van der Waals surface area contributed by atoms with Gasteiger partial charge in [-0.3, -0.25) is 4.79 Å². The molecule has 1 N–H and O–H groups in total. The lowest BCUT2D eigenvalue weighted by Crippen LogP contribution is -2.42. The van der Waals surface area contributed by atoms with Crippen LogP contribution in [0.1, 0.15) is 46.0 Å². The van der Waals surface area contributed by atoms with Gasteiger partial charge in [0.1, 0.15) is 6.10 Å². The molecule has 0 bridgehead atoms. The molecular weight excluding hydrogens is 218 g/mol. The van der Waals surface area contributed by atoms with E-state index in [0.717, 1.165) is 38.6 Å². The molecule has 4 nitrogen and oxygen atoms in total. The number of fused-ring (bicyclic) bond motifs is 1. The van der Waals surface area contributed by atoms with Crippen LogP contribution in [0, 0.1) is 5.92 Å². The molecule has 0 aromatic heterocycles. The second kappa shape index (κ2) is 5.36. The minimum atomic E-state index is -0.616. The summed E-state index contributed by atoms with van der Waals surface area (Å²) in [5.41, 5.74) is 0. The van der Waals surface area contributed by atoms with E-state index in [2.05, 4.69) is 12.2 Å². The fourth-order valence-electron chi connectivity index (χ4n) is 2.46. The van der Waals surface area contributed by atoms with Crippen LogP contribution in [0.2, 0.25) is 0 Å². The second-order valence-corrected chi connectivity index (χ2v) is 5.05. The molecule has 2 aliphatic rings. The Kier molecular flexibility index (Phi) is 4.05. The van der Waals surface area contributed by atoms with Crippen LogP contribution in [-0.2, 0) is 14.3 Å². The third-order valence-electron chi connectivity index (χ3n) is 3.74. The molecule has 2 saturated heterocycles. The number of rotatable bonds is 6. The Morgan fingerprint density at radius 3 is 3.06 bits per heavy atom. The highest BCUT2D eigenvalue weighted by Crippen LogP contribution is 2.42. The summed E-state index contributed by atoms with van der Waals surface area (Å²) in [6, 6.07) is 0. The van der Waals surface area contributed by atoms with Crippen molar-refractivity contribution in [3.63, 3.8) is 0 Å². The summed E-state index contributed by atoms with van der Waals surface area (Å²) in [5.74, 6) is -0.655. The van der Waals surface area contributed by atoms with Crippen LogP contribution >= 0.6 is 0 Å². The zero-order chi connectivity index (χ0) is 12.3. The first-order valence-corrected chi connectivity index (χ1v) is 6.83. The van der Waals surface area contributed by atoms with E-state index in [1.165, 1.54) is 0 Å². The number of esters is 1. The molecule has 3 atom stereocenters. The van der Waals surface area contributed by atoms with Crippen molar-refractivity contribution in [1.82, 2.24) is 5.32 Å². The summed E-state index contributed by atoms with van der Waals surface area (Å²) in [7, 11) is 0. The van der Waals surface area contributed by atoms with Crippen LogP contribution < -0.4 is 5.32 Å². The molecule has 0 saturated carbocycles. The van der Waals surface area contributed by atoms with E-state index in [1.54, 1.807) is 0 Å². The van der Waals surface area contributed by atoms with Gasteiger partial charge in [0.25, 0.3) is 5.79 Å². The second-order valence-electron chi connectivity index (χ2n) is 5.05. The summed E-state index contributed by atoms with van der Waals surface area (Å²) in [6.45, 7) is 5.79. The fraction of sp³-hybridized carbons (Fsp3) is 0.923. The predicted octanol–water partition coefficient (Wildman–Crippen LogP) is 1.83. The van der Waals surface area contributed by atoms with Crippen LogP contribution in [0.25, 0.3) is 0 Å². The Bertz CT molecular complexity index is 282. The van der Waals surface area contributed by atoms with Crippen LogP contribution in [0.4, 0.5) is 0 Å². The summed E-state index contributed by atoms with van der Waals surface area (Å²) in [5, 5.41) is 3.22. The van der Waals surface area contributed by atoms with Crippen molar-refractivity contribution in [2.24, 2.45) is 5.92 Å². The molecule has 0 radical (unpaired) electrons. The molecule has 4 heteroatoms. The van der Waals surface area contributed by atoms with Crippen LogP contribution in [0.3, 0.4) is 0 Å². The standard InChI is InChI=1S/C13H23NO3/c1-3-5-6-10(4-2)12(15)17-13-9-14-8-7-11(13)16-13/h10-11,14H,3-9H2,1-2H3/t10?,11-,13+/m0/s1. The molecular formula is C13H23NO3. The lowest BCUT2D eigenvalue weighted by atomic mass is 9.99. The molecule has 98 valence electrons. The van der Waals surface area contributed by atoms with Gasteiger partial charge in [-0.2, -0.15) is 0 Å². The average Bonchev–Trinajstić information content (AvgIpc) is 3.03. The Morgan fingerprint density at radius 2 is 2.41 bits per heavy atom. The fourth-order valence-corrected chi connectivity index (χ4v) is 2.46. The highest BCUT2D eigenvalue weighted by molar-refractivity contribution is 5.73. The van der Waals surface area contributed by atoms with Gasteiger partial charge in [-0.1, -0.05) is 26.7 Å². The van der Waals surface area contributed by atoms with Crippen molar-refractivity contribution in [2.45, 2.75) is 57.8 Å². The zero-order valence-corrected chi connectivity index (χ0v) is 10.8. The molecule has 2 heterocycles. The van der Waals surface area contributed by atoms with Crippen molar-refractivity contribution in [2.75, 3.05) is 13.1 Å². The zero-order valence-electron chi connectivity index (χ0n) is 10.8. The number of epoxide rings is 1. The topological polar surface area (TPSA) is 50.9 Å². The highest BCUT2D eigenvalue weighted by atomic mass is 16.8. The third-order valence-corrected chi connectivity index (χ3v) is 3.74. The van der Waals surface area contributed by atoms with Crippen LogP contribution in [0.5, 0.6) is 0 Å². The Balaban J connectivity index is 1.83. The maximum Gasteiger partial charge on any atom is 0.311 e. The van der Waals surface area contributed by atoms with Crippen LogP contribution in [-0.4, -0.2) is 30.9 Å². The van der Waals surface area contributed by atoms with E-state index in [1.807, 2.05) is 6.92 Å². The minimum absolute atomic E-state index is 0.0381. The molecule has 2 rings (SSSR count). The number of ether oxygens (including phenoxy) is 2. The first-order valence-electron chi connectivity index (χ1n) is 6.83. The molecule has 2 fully saturated rings. The van der Waals surface area contributed by atoms with E-state index >= 15 is 0 Å². The van der Waals surface area contributed by atoms with E-state index in [4.69, 9.17) is 9.47 Å². The summed E-state index contributed by atoms with van der Waals surface area (Å²) in [4.78, 5) is 12.1. The normalized spacial score (nSPS) is 32.7. The number of unbranched alkanes of at least 4 members (excludes halogenated alkanes) is 1. The van der Waals surface area contributed by atoms with Crippen molar-refractivity contribution >= 4 is 5.97 Å². The monoisotopic (exact) mass is 241 g/mol. The number of hydrogen-bond acceptors (Lipinski definition) is 4. The lowest BCUT2D eigenvalue weighted by Gasteiger charge is -2.21. The molecule has 0 aliphatic carbocycles. The van der Waals surface area contributed by atoms with E-state index in [0.29, 0.717) is 6.54 Å². The van der Waals surface area contributed by atoms with Gasteiger partial charge >= 0.3 is 5.97 Å². The molecule has 0 spiro atoms. The van der Waals surface area contributed by atoms with Crippen LogP contribution in [0.15, 0.2) is 0 Å². The van der Waals surface area contributed by atoms with Crippen molar-refractivity contribution in [3.8, 4) is 0 Å². The van der Waals surface area contributed by atoms with Gasteiger partial charge in [0.2, 0.25) is 0 Å². The Hall–Kier alpha value is -0.610. The number of nitrogens with one attached hydrogen (secondary N) is 1. The van der Waals surface area contributed by atoms with Crippen molar-refractivity contribution in [1.29, 1.82) is 0 Å². The number of piperidine rings is 1. The predicted molar refractivity (Wildman–Crippen MR) is 64.5 cm³/mol. The maximum atomic E-state index is 12.1. The number of carbonyl (C=O) groups excluding carboxylic acids is 1. The molecule has 17 heavy (non-hydrogen) atoms. The SMILES string of the molecule is CCCCC(CC)C(=O)O[C@]12CNCC[C@@H]1O2. The van der Waals surface area contributed by atoms with Crippen molar-refractivity contribution in [3.05, 3.63) is 0 Å². The third kappa shape index (κ3) is 2.80. The molecule has 0 aromatic carbocycles. The first-order chi connectivity index (χ1) is 8.22.